The number of benzene rings is 2. The maximum Gasteiger partial charge on any atom is 0.303 e. The van der Waals surface area contributed by atoms with Crippen molar-refractivity contribution in [2.75, 3.05) is 44.2 Å². The largest absolute Gasteiger partial charge is 0.459 e. The molecular weight excluding hydrogens is 467 g/mol. The van der Waals surface area contributed by atoms with E-state index in [9.17, 15) is 14.9 Å². The van der Waals surface area contributed by atoms with Gasteiger partial charge in [0, 0.05) is 62.3 Å². The first kappa shape index (κ1) is 23.8. The molecule has 0 aliphatic carbocycles. The van der Waals surface area contributed by atoms with Crippen LogP contribution in [0.4, 0.5) is 11.4 Å². The van der Waals surface area contributed by atoms with Gasteiger partial charge in [-0.2, -0.15) is 0 Å². The number of nitrogens with zero attached hydrogens (tertiary/aromatic N) is 4. The van der Waals surface area contributed by atoms with Crippen molar-refractivity contribution < 1.29 is 14.5 Å². The van der Waals surface area contributed by atoms with Gasteiger partial charge in [-0.1, -0.05) is 35.3 Å². The predicted molar refractivity (Wildman–Crippen MR) is 128 cm³/mol. The summed E-state index contributed by atoms with van der Waals surface area (Å²) < 4.78 is 5.64. The van der Waals surface area contributed by atoms with E-state index in [1.807, 2.05) is 29.2 Å². The molecule has 4 rings (SSSR count). The smallest absolute Gasteiger partial charge is 0.303 e. The highest BCUT2D eigenvalue weighted by atomic mass is 35.5. The number of ether oxygens (including phenoxy) is 1. The van der Waals surface area contributed by atoms with Gasteiger partial charge in [0.25, 0.3) is 5.69 Å². The van der Waals surface area contributed by atoms with Gasteiger partial charge in [0.15, 0.2) is 0 Å². The van der Waals surface area contributed by atoms with Gasteiger partial charge in [-0.05, 0) is 29.8 Å². The van der Waals surface area contributed by atoms with E-state index in [1.54, 1.807) is 12.1 Å². The highest BCUT2D eigenvalue weighted by Gasteiger charge is 2.41. The molecule has 8 nitrogen and oxygen atoms in total. The van der Waals surface area contributed by atoms with Gasteiger partial charge in [-0.3, -0.25) is 24.7 Å². The van der Waals surface area contributed by atoms with Crippen molar-refractivity contribution >= 4 is 40.5 Å². The lowest BCUT2D eigenvalue weighted by Gasteiger charge is -2.39. The molecule has 0 saturated carbocycles. The molecule has 2 aromatic rings. The summed E-state index contributed by atoms with van der Waals surface area (Å²) in [5.74, 6) is -0.348. The Morgan fingerprint density at radius 1 is 1.06 bits per heavy atom. The van der Waals surface area contributed by atoms with E-state index in [0.717, 1.165) is 37.7 Å². The average molecular weight is 493 g/mol. The molecule has 0 spiro atoms. The van der Waals surface area contributed by atoms with Crippen LogP contribution in [0.1, 0.15) is 12.5 Å². The summed E-state index contributed by atoms with van der Waals surface area (Å²) in [5, 5.41) is 12.6. The highest BCUT2D eigenvalue weighted by Crippen LogP contribution is 2.35. The molecule has 2 atom stereocenters. The molecule has 0 unspecified atom stereocenters. The second-order valence-electron chi connectivity index (χ2n) is 8.45. The third-order valence-electron chi connectivity index (χ3n) is 6.22. The lowest BCUT2D eigenvalue weighted by molar-refractivity contribution is -0.384. The Bertz CT molecular complexity index is 1010. The van der Waals surface area contributed by atoms with Gasteiger partial charge in [-0.25, -0.2) is 0 Å². The van der Waals surface area contributed by atoms with E-state index in [2.05, 4.69) is 9.80 Å². The molecule has 0 bridgehead atoms. The van der Waals surface area contributed by atoms with Crippen molar-refractivity contribution in [2.45, 2.75) is 25.6 Å². The number of nitro groups is 1. The number of hydrogen-bond acceptors (Lipinski definition) is 7. The fourth-order valence-electron chi connectivity index (χ4n) is 4.64. The first-order valence-corrected chi connectivity index (χ1v) is 11.6. The molecule has 33 heavy (non-hydrogen) atoms. The summed E-state index contributed by atoms with van der Waals surface area (Å²) in [6.07, 6.45) is -0.361. The van der Waals surface area contributed by atoms with Crippen LogP contribution in [-0.4, -0.2) is 72.1 Å². The summed E-state index contributed by atoms with van der Waals surface area (Å²) in [6, 6.07) is 12.5. The van der Waals surface area contributed by atoms with Gasteiger partial charge in [0.05, 0.1) is 17.5 Å². The molecular formula is C23H26Cl2N4O4. The van der Waals surface area contributed by atoms with E-state index < -0.39 is 4.92 Å². The molecule has 2 heterocycles. The van der Waals surface area contributed by atoms with Crippen molar-refractivity contribution in [2.24, 2.45) is 0 Å². The number of carbonyl (C=O) groups excluding carboxylic acids is 1. The summed E-state index contributed by atoms with van der Waals surface area (Å²) in [6.45, 7) is 6.61. The second-order valence-corrected chi connectivity index (χ2v) is 9.32. The van der Waals surface area contributed by atoms with Crippen molar-refractivity contribution in [3.05, 3.63) is 68.2 Å². The SMILES string of the molecule is CC(=O)O[C@@H]1CN(c2ccc(Cl)cc2[N+](=O)[O-])C[C@H]1N1CCN(Cc2ccc(Cl)cc2)CC1. The van der Waals surface area contributed by atoms with Crippen LogP contribution in [0.25, 0.3) is 0 Å². The molecule has 0 aromatic heterocycles. The number of nitro benzene ring substituents is 1. The molecule has 0 amide bonds. The summed E-state index contributed by atoms with van der Waals surface area (Å²) in [5.41, 5.74) is 1.66. The number of hydrogen-bond donors (Lipinski definition) is 0. The maximum atomic E-state index is 11.8. The van der Waals surface area contributed by atoms with Gasteiger partial charge in [0.2, 0.25) is 0 Å². The van der Waals surface area contributed by atoms with E-state index in [1.165, 1.54) is 18.6 Å². The number of rotatable bonds is 6. The normalized spacial score (nSPS) is 21.8. The van der Waals surface area contributed by atoms with Gasteiger partial charge >= 0.3 is 5.97 Å². The minimum Gasteiger partial charge on any atom is -0.459 e. The highest BCUT2D eigenvalue weighted by molar-refractivity contribution is 6.31. The van der Waals surface area contributed by atoms with E-state index >= 15 is 0 Å². The Morgan fingerprint density at radius 2 is 1.73 bits per heavy atom. The van der Waals surface area contributed by atoms with Crippen LogP contribution in [0, 0.1) is 10.1 Å². The molecule has 0 N–H and O–H groups in total. The number of piperazine rings is 1. The Morgan fingerprint density at radius 3 is 2.36 bits per heavy atom. The summed E-state index contributed by atoms with van der Waals surface area (Å²) in [7, 11) is 0. The molecule has 2 aliphatic heterocycles. The van der Waals surface area contributed by atoms with Gasteiger partial charge < -0.3 is 9.64 Å². The minimum atomic E-state index is -0.426. The van der Waals surface area contributed by atoms with Crippen LogP contribution in [0.5, 0.6) is 0 Å². The Kier molecular flexibility index (Phi) is 7.38. The van der Waals surface area contributed by atoms with E-state index in [-0.39, 0.29) is 23.8 Å². The van der Waals surface area contributed by atoms with Crippen LogP contribution < -0.4 is 4.90 Å². The number of esters is 1. The van der Waals surface area contributed by atoms with Crippen LogP contribution >= 0.6 is 23.2 Å². The number of halogens is 2. The number of carbonyl (C=O) groups is 1. The fourth-order valence-corrected chi connectivity index (χ4v) is 4.94. The first-order chi connectivity index (χ1) is 15.8. The Hall–Kier alpha value is -2.39. The third kappa shape index (κ3) is 5.76. The zero-order chi connectivity index (χ0) is 23.5. The molecule has 2 saturated heterocycles. The predicted octanol–water partition coefficient (Wildman–Crippen LogP) is 3.84. The van der Waals surface area contributed by atoms with Crippen LogP contribution in [0.2, 0.25) is 10.0 Å². The summed E-state index contributed by atoms with van der Waals surface area (Å²) >= 11 is 12.0. The quantitative estimate of drug-likeness (QED) is 0.344. The topological polar surface area (TPSA) is 79.2 Å². The maximum absolute atomic E-state index is 11.8. The summed E-state index contributed by atoms with van der Waals surface area (Å²) in [4.78, 5) is 29.6. The second kappa shape index (κ2) is 10.3. The van der Waals surface area contributed by atoms with Crippen molar-refractivity contribution in [3.8, 4) is 0 Å². The molecule has 10 heteroatoms. The van der Waals surface area contributed by atoms with Crippen LogP contribution in [0.3, 0.4) is 0 Å². The lowest BCUT2D eigenvalue weighted by Crippen LogP contribution is -2.54. The van der Waals surface area contributed by atoms with Crippen LogP contribution in [-0.2, 0) is 16.1 Å². The Labute approximate surface area is 202 Å². The Balaban J connectivity index is 1.44. The minimum absolute atomic E-state index is 0.0399. The first-order valence-electron chi connectivity index (χ1n) is 10.9. The van der Waals surface area contributed by atoms with Gasteiger partial charge in [0.1, 0.15) is 11.8 Å². The van der Waals surface area contributed by atoms with Crippen molar-refractivity contribution in [3.63, 3.8) is 0 Å². The van der Waals surface area contributed by atoms with Crippen molar-refractivity contribution in [1.82, 2.24) is 9.80 Å². The van der Waals surface area contributed by atoms with E-state index in [4.69, 9.17) is 27.9 Å². The molecule has 176 valence electrons. The fraction of sp³-hybridized carbons (Fsp3) is 0.435. The average Bonchev–Trinajstić information content (AvgIpc) is 3.18. The lowest BCUT2D eigenvalue weighted by atomic mass is 10.1. The van der Waals surface area contributed by atoms with Gasteiger partial charge in [-0.15, -0.1) is 0 Å². The molecule has 2 aliphatic rings. The van der Waals surface area contributed by atoms with E-state index in [0.29, 0.717) is 23.8 Å². The third-order valence-corrected chi connectivity index (χ3v) is 6.71. The zero-order valence-electron chi connectivity index (χ0n) is 18.3. The molecule has 2 fully saturated rings. The van der Waals surface area contributed by atoms with Crippen LogP contribution in [0.15, 0.2) is 42.5 Å². The zero-order valence-corrected chi connectivity index (χ0v) is 19.8. The molecule has 0 radical (unpaired) electrons. The standard InChI is InChI=1S/C23H26Cl2N4O4/c1-16(30)33-23-15-28(20-7-6-19(25)12-21(20)29(31)32)14-22(23)27-10-8-26(9-11-27)13-17-2-4-18(24)5-3-17/h2-7,12,22-23H,8-11,13-15H2,1H3/t22-,23-/m1/s1. The monoisotopic (exact) mass is 492 g/mol. The number of anilines is 1. The molecule has 2 aromatic carbocycles. The van der Waals surface area contributed by atoms with Crippen molar-refractivity contribution in [1.29, 1.82) is 0 Å².